The average Bonchev–Trinajstić information content (AvgIpc) is 2.88. The average molecular weight is 335 g/mol. The molecule has 0 bridgehead atoms. The first-order valence-corrected chi connectivity index (χ1v) is 9.17. The standard InChI is InChI=1S/C25H21N/c1-16-25(2,3)22-15-19(12-13-23(22)26-16)24-20-10-6-4-8-17(20)14-18-9-5-7-11-21(18)24/h4-15H,1-3H3. The molecule has 0 saturated heterocycles. The van der Waals surface area contributed by atoms with Crippen molar-refractivity contribution in [2.45, 2.75) is 26.2 Å². The van der Waals surface area contributed by atoms with E-state index in [4.69, 9.17) is 4.99 Å². The lowest BCUT2D eigenvalue weighted by Crippen LogP contribution is -2.22. The van der Waals surface area contributed by atoms with E-state index in [1.165, 1.54) is 43.9 Å². The molecule has 4 aromatic rings. The predicted octanol–water partition coefficient (Wildman–Crippen LogP) is 7.04. The van der Waals surface area contributed by atoms with E-state index in [-0.39, 0.29) is 5.41 Å². The first kappa shape index (κ1) is 15.3. The van der Waals surface area contributed by atoms with Crippen molar-refractivity contribution in [1.29, 1.82) is 0 Å². The number of hydrogen-bond acceptors (Lipinski definition) is 1. The molecule has 0 amide bonds. The topological polar surface area (TPSA) is 12.4 Å². The van der Waals surface area contributed by atoms with Gasteiger partial charge in [-0.25, -0.2) is 0 Å². The molecule has 1 heterocycles. The van der Waals surface area contributed by atoms with Crippen molar-refractivity contribution in [2.24, 2.45) is 4.99 Å². The Morgan fingerprint density at radius 3 is 2.00 bits per heavy atom. The van der Waals surface area contributed by atoms with E-state index >= 15 is 0 Å². The van der Waals surface area contributed by atoms with E-state index in [0.29, 0.717) is 0 Å². The van der Waals surface area contributed by atoms with Gasteiger partial charge in [-0.05, 0) is 63.4 Å². The number of hydrogen-bond donors (Lipinski definition) is 0. The lowest BCUT2D eigenvalue weighted by molar-refractivity contribution is 0.733. The highest BCUT2D eigenvalue weighted by molar-refractivity contribution is 6.13. The zero-order valence-electron chi connectivity index (χ0n) is 15.4. The van der Waals surface area contributed by atoms with Crippen molar-refractivity contribution in [3.8, 4) is 11.1 Å². The molecule has 126 valence electrons. The highest BCUT2D eigenvalue weighted by atomic mass is 14.8. The highest BCUT2D eigenvalue weighted by Gasteiger charge is 2.32. The van der Waals surface area contributed by atoms with Crippen LogP contribution in [0, 0.1) is 0 Å². The van der Waals surface area contributed by atoms with Gasteiger partial charge < -0.3 is 0 Å². The second kappa shape index (κ2) is 5.28. The van der Waals surface area contributed by atoms with Gasteiger partial charge in [-0.3, -0.25) is 4.99 Å². The van der Waals surface area contributed by atoms with Gasteiger partial charge in [0.2, 0.25) is 0 Å². The van der Waals surface area contributed by atoms with Crippen LogP contribution in [-0.2, 0) is 5.41 Å². The monoisotopic (exact) mass is 335 g/mol. The normalized spacial score (nSPS) is 15.3. The van der Waals surface area contributed by atoms with Gasteiger partial charge in [0.1, 0.15) is 0 Å². The van der Waals surface area contributed by atoms with Crippen LogP contribution in [0.25, 0.3) is 32.7 Å². The summed E-state index contributed by atoms with van der Waals surface area (Å²) in [7, 11) is 0. The molecule has 0 unspecified atom stereocenters. The fourth-order valence-electron chi connectivity index (χ4n) is 4.13. The molecule has 0 aliphatic carbocycles. The maximum atomic E-state index is 4.78. The van der Waals surface area contributed by atoms with E-state index in [9.17, 15) is 0 Å². The zero-order chi connectivity index (χ0) is 17.9. The van der Waals surface area contributed by atoms with Crippen LogP contribution in [0.5, 0.6) is 0 Å². The maximum absolute atomic E-state index is 4.78. The molecule has 0 fully saturated rings. The summed E-state index contributed by atoms with van der Waals surface area (Å²) in [5.41, 5.74) is 6.21. The Morgan fingerprint density at radius 1 is 0.731 bits per heavy atom. The molecule has 0 aromatic heterocycles. The third kappa shape index (κ3) is 2.07. The summed E-state index contributed by atoms with van der Waals surface area (Å²) in [6.07, 6.45) is 0. The van der Waals surface area contributed by atoms with Gasteiger partial charge in [0.25, 0.3) is 0 Å². The highest BCUT2D eigenvalue weighted by Crippen LogP contribution is 2.44. The molecule has 1 aliphatic rings. The van der Waals surface area contributed by atoms with E-state index in [1.807, 2.05) is 0 Å². The quantitative estimate of drug-likeness (QED) is 0.331. The van der Waals surface area contributed by atoms with E-state index in [0.717, 1.165) is 5.69 Å². The second-order valence-corrected chi connectivity index (χ2v) is 7.75. The fraction of sp³-hybridized carbons (Fsp3) is 0.160. The zero-order valence-corrected chi connectivity index (χ0v) is 15.4. The smallest absolute Gasteiger partial charge is 0.0671 e. The summed E-state index contributed by atoms with van der Waals surface area (Å²) in [5, 5.41) is 5.18. The van der Waals surface area contributed by atoms with Crippen LogP contribution in [-0.4, -0.2) is 5.71 Å². The largest absolute Gasteiger partial charge is 0.257 e. The molecule has 1 nitrogen and oxygen atoms in total. The second-order valence-electron chi connectivity index (χ2n) is 7.75. The number of benzene rings is 4. The molecule has 1 heteroatoms. The van der Waals surface area contributed by atoms with Crippen molar-refractivity contribution in [3.63, 3.8) is 0 Å². The van der Waals surface area contributed by atoms with Gasteiger partial charge in [0.05, 0.1) is 5.69 Å². The molecule has 0 spiro atoms. The van der Waals surface area contributed by atoms with Gasteiger partial charge >= 0.3 is 0 Å². The number of fused-ring (bicyclic) bond motifs is 3. The van der Waals surface area contributed by atoms with E-state index in [1.54, 1.807) is 0 Å². The van der Waals surface area contributed by atoms with Gasteiger partial charge in [-0.1, -0.05) is 68.4 Å². The Balaban J connectivity index is 1.87. The molecule has 0 N–H and O–H groups in total. The van der Waals surface area contributed by atoms with E-state index < -0.39 is 0 Å². The van der Waals surface area contributed by atoms with Gasteiger partial charge in [-0.2, -0.15) is 0 Å². The minimum absolute atomic E-state index is 0.00820. The Kier molecular flexibility index (Phi) is 3.12. The van der Waals surface area contributed by atoms with Crippen molar-refractivity contribution in [1.82, 2.24) is 0 Å². The SMILES string of the molecule is CC1=Nc2ccc(-c3c4ccccc4cc4ccccc34)cc2C1(C)C. The Bertz CT molecular complexity index is 1160. The minimum atomic E-state index is -0.00820. The molecular weight excluding hydrogens is 314 g/mol. The van der Waals surface area contributed by atoms with Crippen LogP contribution in [0.3, 0.4) is 0 Å². The summed E-state index contributed by atoms with van der Waals surface area (Å²) >= 11 is 0. The lowest BCUT2D eigenvalue weighted by atomic mass is 9.80. The van der Waals surface area contributed by atoms with Crippen molar-refractivity contribution < 1.29 is 0 Å². The van der Waals surface area contributed by atoms with Gasteiger partial charge in [-0.15, -0.1) is 0 Å². The number of aliphatic imine (C=N–C) groups is 1. The van der Waals surface area contributed by atoms with Crippen molar-refractivity contribution in [3.05, 3.63) is 78.4 Å². The molecular formula is C25H21N. The third-order valence-electron chi connectivity index (χ3n) is 5.92. The fourth-order valence-corrected chi connectivity index (χ4v) is 4.13. The Hall–Kier alpha value is -2.93. The predicted molar refractivity (Wildman–Crippen MR) is 113 cm³/mol. The summed E-state index contributed by atoms with van der Waals surface area (Å²) in [6.45, 7) is 6.66. The first-order valence-electron chi connectivity index (χ1n) is 9.17. The molecule has 4 aromatic carbocycles. The van der Waals surface area contributed by atoms with Gasteiger partial charge in [0.15, 0.2) is 0 Å². The maximum Gasteiger partial charge on any atom is 0.0671 e. The number of rotatable bonds is 1. The molecule has 5 rings (SSSR count). The minimum Gasteiger partial charge on any atom is -0.257 e. The molecule has 0 atom stereocenters. The van der Waals surface area contributed by atoms with Crippen LogP contribution in [0.4, 0.5) is 5.69 Å². The first-order chi connectivity index (χ1) is 12.6. The summed E-state index contributed by atoms with van der Waals surface area (Å²) in [4.78, 5) is 4.78. The van der Waals surface area contributed by atoms with Crippen molar-refractivity contribution in [2.75, 3.05) is 0 Å². The molecule has 0 saturated carbocycles. The summed E-state index contributed by atoms with van der Waals surface area (Å²) < 4.78 is 0. The van der Waals surface area contributed by atoms with Crippen LogP contribution in [0.15, 0.2) is 77.8 Å². The van der Waals surface area contributed by atoms with Crippen LogP contribution < -0.4 is 0 Å². The van der Waals surface area contributed by atoms with Crippen LogP contribution in [0.1, 0.15) is 26.3 Å². The van der Waals surface area contributed by atoms with Crippen LogP contribution >= 0.6 is 0 Å². The third-order valence-corrected chi connectivity index (χ3v) is 5.92. The van der Waals surface area contributed by atoms with Crippen LogP contribution in [0.2, 0.25) is 0 Å². The molecule has 1 aliphatic heterocycles. The number of nitrogens with zero attached hydrogens (tertiary/aromatic N) is 1. The lowest BCUT2D eigenvalue weighted by Gasteiger charge is -2.21. The summed E-state index contributed by atoms with van der Waals surface area (Å²) in [5.74, 6) is 0. The molecule has 26 heavy (non-hydrogen) atoms. The summed E-state index contributed by atoms with van der Waals surface area (Å²) in [6, 6.07) is 26.4. The van der Waals surface area contributed by atoms with Gasteiger partial charge in [0, 0.05) is 11.1 Å². The Morgan fingerprint density at radius 2 is 1.35 bits per heavy atom. The van der Waals surface area contributed by atoms with Crippen molar-refractivity contribution >= 4 is 32.9 Å². The van der Waals surface area contributed by atoms with E-state index in [2.05, 4.69) is 93.6 Å². The Labute approximate surface area is 154 Å². The molecule has 0 radical (unpaired) electrons.